The van der Waals surface area contributed by atoms with E-state index in [1.165, 1.54) is 0 Å². The maximum atomic E-state index is 13.6. The zero-order chi connectivity index (χ0) is 11.1. The van der Waals surface area contributed by atoms with Crippen molar-refractivity contribution in [3.8, 4) is 0 Å². The molecule has 1 unspecified atom stereocenters. The molecule has 0 aromatic carbocycles. The van der Waals surface area contributed by atoms with Crippen molar-refractivity contribution in [1.82, 2.24) is 9.78 Å². The van der Waals surface area contributed by atoms with E-state index in [1.807, 2.05) is 13.8 Å². The molecule has 0 spiro atoms. The molecule has 15 heavy (non-hydrogen) atoms. The lowest BCUT2D eigenvalue weighted by Gasteiger charge is -2.18. The van der Waals surface area contributed by atoms with E-state index in [0.29, 0.717) is 17.8 Å². The van der Waals surface area contributed by atoms with Crippen molar-refractivity contribution < 1.29 is 4.39 Å². The second-order valence-electron chi connectivity index (χ2n) is 4.35. The van der Waals surface area contributed by atoms with E-state index in [0.717, 1.165) is 0 Å². The number of azide groups is 1. The van der Waals surface area contributed by atoms with Crippen LogP contribution in [0.2, 0.25) is 0 Å². The fraction of sp³-hybridized carbons (Fsp3) is 0.667. The van der Waals surface area contributed by atoms with Gasteiger partial charge < -0.3 is 0 Å². The molecule has 6 heteroatoms. The monoisotopic (exact) mass is 209 g/mol. The Kier molecular flexibility index (Phi) is 2.16. The van der Waals surface area contributed by atoms with Crippen molar-refractivity contribution >= 4 is 0 Å². The molecule has 0 bridgehead atoms. The van der Waals surface area contributed by atoms with Crippen LogP contribution < -0.4 is 0 Å². The highest BCUT2D eigenvalue weighted by atomic mass is 19.1. The van der Waals surface area contributed by atoms with Crippen molar-refractivity contribution in [1.29, 1.82) is 0 Å². The van der Waals surface area contributed by atoms with Crippen molar-refractivity contribution in [2.24, 2.45) is 5.11 Å². The predicted molar refractivity (Wildman–Crippen MR) is 52.9 cm³/mol. The minimum absolute atomic E-state index is 0.180. The summed E-state index contributed by atoms with van der Waals surface area (Å²) in [4.78, 5) is 2.65. The Morgan fingerprint density at radius 2 is 2.53 bits per heavy atom. The third-order valence-corrected chi connectivity index (χ3v) is 2.66. The van der Waals surface area contributed by atoms with E-state index >= 15 is 0 Å². The number of fused-ring (bicyclic) bond motifs is 1. The number of halogens is 1. The average Bonchev–Trinajstić information content (AvgIpc) is 2.65. The molecule has 0 aliphatic carbocycles. The van der Waals surface area contributed by atoms with E-state index < -0.39 is 6.17 Å². The molecule has 2 rings (SSSR count). The van der Waals surface area contributed by atoms with Crippen LogP contribution in [0.4, 0.5) is 4.39 Å². The van der Waals surface area contributed by atoms with Crippen molar-refractivity contribution in [3.05, 3.63) is 27.9 Å². The molecular formula is C9H12FN5. The summed E-state index contributed by atoms with van der Waals surface area (Å²) in [5.41, 5.74) is 9.10. The van der Waals surface area contributed by atoms with Crippen LogP contribution in [0, 0.1) is 0 Å². The summed E-state index contributed by atoms with van der Waals surface area (Å²) in [6.07, 6.45) is -0.510. The summed E-state index contributed by atoms with van der Waals surface area (Å²) in [5, 5.41) is 7.65. The van der Waals surface area contributed by atoms with Crippen molar-refractivity contribution in [2.45, 2.75) is 38.5 Å². The van der Waals surface area contributed by atoms with Gasteiger partial charge in [-0.1, -0.05) is 5.11 Å². The Morgan fingerprint density at radius 1 is 1.80 bits per heavy atom. The molecule has 0 saturated heterocycles. The third kappa shape index (κ3) is 1.57. The lowest BCUT2D eigenvalue weighted by molar-refractivity contribution is 0.269. The molecule has 0 radical (unpaired) electrons. The minimum Gasteiger partial charge on any atom is -0.261 e. The van der Waals surface area contributed by atoms with Gasteiger partial charge >= 0.3 is 0 Å². The summed E-state index contributed by atoms with van der Waals surface area (Å²) in [6, 6.07) is 1.67. The molecule has 1 atom stereocenters. The third-order valence-electron chi connectivity index (χ3n) is 2.66. The van der Waals surface area contributed by atoms with Crippen LogP contribution in [-0.2, 0) is 12.1 Å². The van der Waals surface area contributed by atoms with Gasteiger partial charge in [-0.2, -0.15) is 5.10 Å². The number of alkyl halides is 1. The van der Waals surface area contributed by atoms with Gasteiger partial charge in [0.1, 0.15) is 6.17 Å². The number of hydrogen-bond acceptors (Lipinski definition) is 2. The molecule has 0 amide bonds. The van der Waals surface area contributed by atoms with Crippen LogP contribution in [0.15, 0.2) is 11.2 Å². The van der Waals surface area contributed by atoms with Gasteiger partial charge in [0, 0.05) is 11.3 Å². The van der Waals surface area contributed by atoms with Gasteiger partial charge in [0.2, 0.25) is 0 Å². The zero-order valence-corrected chi connectivity index (χ0v) is 8.68. The second kappa shape index (κ2) is 3.24. The second-order valence-corrected chi connectivity index (χ2v) is 4.35. The van der Waals surface area contributed by atoms with Crippen LogP contribution in [0.3, 0.4) is 0 Å². The molecule has 1 aromatic heterocycles. The lowest BCUT2D eigenvalue weighted by atomic mass is 10.0. The van der Waals surface area contributed by atoms with Crippen LogP contribution >= 0.6 is 0 Å². The number of rotatable bonds is 2. The number of aromatic nitrogens is 2. The first-order valence-electron chi connectivity index (χ1n) is 4.79. The normalized spacial score (nSPS) is 22.2. The van der Waals surface area contributed by atoms with Crippen LogP contribution in [0.25, 0.3) is 10.4 Å². The van der Waals surface area contributed by atoms with Gasteiger partial charge in [-0.15, -0.1) is 0 Å². The zero-order valence-electron chi connectivity index (χ0n) is 8.68. The van der Waals surface area contributed by atoms with Crippen molar-refractivity contribution in [2.75, 3.05) is 0 Å². The largest absolute Gasteiger partial charge is 0.261 e. The highest BCUT2D eigenvalue weighted by molar-refractivity contribution is 5.19. The Hall–Kier alpha value is -1.55. The Morgan fingerprint density at radius 3 is 3.13 bits per heavy atom. The molecule has 1 aliphatic rings. The van der Waals surface area contributed by atoms with Crippen LogP contribution in [0.1, 0.15) is 37.8 Å². The maximum Gasteiger partial charge on any atom is 0.144 e. The smallest absolute Gasteiger partial charge is 0.144 e. The quantitative estimate of drug-likeness (QED) is 0.419. The maximum absolute atomic E-state index is 13.6. The van der Waals surface area contributed by atoms with E-state index in [2.05, 4.69) is 15.1 Å². The fourth-order valence-electron chi connectivity index (χ4n) is 1.97. The molecule has 0 fully saturated rings. The standard InChI is InChI=1S/C9H12FN5/c1-9(2)4-7(10)8-3-6(5-12-14-11)13-15(8)9/h3,7H,4-5H2,1-2H3. The molecule has 0 saturated carbocycles. The van der Waals surface area contributed by atoms with Crippen molar-refractivity contribution in [3.63, 3.8) is 0 Å². The molecule has 1 aliphatic heterocycles. The first kappa shape index (κ1) is 9.98. The van der Waals surface area contributed by atoms with E-state index in [1.54, 1.807) is 10.7 Å². The highest BCUT2D eigenvalue weighted by Gasteiger charge is 2.38. The summed E-state index contributed by atoms with van der Waals surface area (Å²) < 4.78 is 15.3. The SMILES string of the molecule is CC1(C)CC(F)c2cc(CN=[N+]=[N-])nn21. The Bertz CT molecular complexity index is 430. The topological polar surface area (TPSA) is 66.6 Å². The van der Waals surface area contributed by atoms with Gasteiger partial charge in [0.15, 0.2) is 0 Å². The molecular weight excluding hydrogens is 197 g/mol. The predicted octanol–water partition coefficient (Wildman–Crippen LogP) is 2.84. The molecule has 5 nitrogen and oxygen atoms in total. The average molecular weight is 209 g/mol. The first-order valence-corrected chi connectivity index (χ1v) is 4.79. The molecule has 2 heterocycles. The van der Waals surface area contributed by atoms with Gasteiger partial charge in [0.05, 0.1) is 23.5 Å². The van der Waals surface area contributed by atoms with Gasteiger partial charge in [-0.25, -0.2) is 4.39 Å². The van der Waals surface area contributed by atoms with Gasteiger partial charge in [-0.05, 0) is 25.4 Å². The molecule has 1 aromatic rings. The van der Waals surface area contributed by atoms with E-state index in [-0.39, 0.29) is 12.1 Å². The fourth-order valence-corrected chi connectivity index (χ4v) is 1.97. The van der Waals surface area contributed by atoms with E-state index in [9.17, 15) is 4.39 Å². The van der Waals surface area contributed by atoms with Gasteiger partial charge in [-0.3, -0.25) is 4.68 Å². The molecule has 80 valence electrons. The highest BCUT2D eigenvalue weighted by Crippen LogP contribution is 2.40. The summed E-state index contributed by atoms with van der Waals surface area (Å²) in [7, 11) is 0. The summed E-state index contributed by atoms with van der Waals surface area (Å²) in [5.74, 6) is 0. The summed E-state index contributed by atoms with van der Waals surface area (Å²) >= 11 is 0. The summed E-state index contributed by atoms with van der Waals surface area (Å²) in [6.45, 7) is 4.07. The van der Waals surface area contributed by atoms with Gasteiger partial charge in [0.25, 0.3) is 0 Å². The number of hydrogen-bond donors (Lipinski definition) is 0. The van der Waals surface area contributed by atoms with Crippen LogP contribution in [-0.4, -0.2) is 9.78 Å². The van der Waals surface area contributed by atoms with E-state index in [4.69, 9.17) is 5.53 Å². The Balaban J connectivity index is 2.36. The lowest BCUT2D eigenvalue weighted by Crippen LogP contribution is -2.22. The molecule has 0 N–H and O–H groups in total. The minimum atomic E-state index is -0.965. The Labute approximate surface area is 86.5 Å². The van der Waals surface area contributed by atoms with Crippen LogP contribution in [0.5, 0.6) is 0 Å². The first-order chi connectivity index (χ1) is 7.04. The number of nitrogens with zero attached hydrogens (tertiary/aromatic N) is 5.